The number of fused-ring (bicyclic) bond motifs is 2. The molecule has 19 heavy (non-hydrogen) atoms. The van der Waals surface area contributed by atoms with E-state index in [2.05, 4.69) is 29.9 Å². The minimum atomic E-state index is 0. The van der Waals surface area contributed by atoms with E-state index in [9.17, 15) is 0 Å². The second kappa shape index (κ2) is 6.15. The summed E-state index contributed by atoms with van der Waals surface area (Å²) in [6.45, 7) is 0. The van der Waals surface area contributed by atoms with E-state index in [-0.39, 0.29) is 19.5 Å². The molecule has 0 aliphatic rings. The van der Waals surface area contributed by atoms with Gasteiger partial charge in [-0.3, -0.25) is 0 Å². The first-order valence-electron chi connectivity index (χ1n) is 5.42. The first-order valence-corrected chi connectivity index (χ1v) is 5.42. The van der Waals surface area contributed by atoms with E-state index in [1.807, 2.05) is 24.3 Å². The predicted molar refractivity (Wildman–Crippen MR) is 67.8 cm³/mol. The van der Waals surface area contributed by atoms with Gasteiger partial charge in [-0.15, -0.1) is 0 Å². The van der Waals surface area contributed by atoms with Crippen LogP contribution in [-0.4, -0.2) is 29.9 Å². The zero-order chi connectivity index (χ0) is 12.2. The molecule has 0 aliphatic carbocycles. The molecule has 90 valence electrons. The number of hydrogen-bond acceptors (Lipinski definition) is 4. The van der Waals surface area contributed by atoms with Crippen molar-refractivity contribution in [3.05, 3.63) is 49.3 Å². The topological polar surface area (TPSA) is 83.1 Å². The summed E-state index contributed by atoms with van der Waals surface area (Å²) in [5, 5.41) is 0. The first kappa shape index (κ1) is 13.3. The quantitative estimate of drug-likeness (QED) is 0.486. The molecule has 7 heteroatoms. The summed E-state index contributed by atoms with van der Waals surface area (Å²) < 4.78 is 0. The van der Waals surface area contributed by atoms with E-state index in [0.29, 0.717) is 0 Å². The molecule has 0 unspecified atom stereocenters. The summed E-state index contributed by atoms with van der Waals surface area (Å²) in [5.74, 6) is 0. The van der Waals surface area contributed by atoms with Crippen molar-refractivity contribution in [2.45, 2.75) is 0 Å². The van der Waals surface area contributed by atoms with Gasteiger partial charge in [0.15, 0.2) is 11.3 Å². The SMILES string of the molecule is [Zn].c1cnc2nc[nH]c2c1.c1cnc2nc[nH]c2c1. The molecule has 4 aromatic heterocycles. The van der Waals surface area contributed by atoms with Crippen LogP contribution in [-0.2, 0) is 19.5 Å². The van der Waals surface area contributed by atoms with Crippen LogP contribution in [0.1, 0.15) is 0 Å². The van der Waals surface area contributed by atoms with Crippen molar-refractivity contribution >= 4 is 22.3 Å². The van der Waals surface area contributed by atoms with E-state index < -0.39 is 0 Å². The maximum Gasteiger partial charge on any atom is 0.177 e. The largest absolute Gasteiger partial charge is 0.343 e. The summed E-state index contributed by atoms with van der Waals surface area (Å²) in [5.41, 5.74) is 3.52. The van der Waals surface area contributed by atoms with E-state index in [4.69, 9.17) is 0 Å². The molecule has 0 atom stereocenters. The van der Waals surface area contributed by atoms with Gasteiger partial charge in [-0.1, -0.05) is 0 Å². The fourth-order valence-corrected chi connectivity index (χ4v) is 1.55. The Morgan fingerprint density at radius 3 is 1.58 bits per heavy atom. The van der Waals surface area contributed by atoms with Crippen LogP contribution in [0.3, 0.4) is 0 Å². The van der Waals surface area contributed by atoms with Gasteiger partial charge in [0.1, 0.15) is 0 Å². The van der Waals surface area contributed by atoms with Gasteiger partial charge < -0.3 is 9.97 Å². The van der Waals surface area contributed by atoms with Crippen LogP contribution in [0.4, 0.5) is 0 Å². The summed E-state index contributed by atoms with van der Waals surface area (Å²) in [7, 11) is 0. The monoisotopic (exact) mass is 302 g/mol. The Balaban J connectivity index is 0.000000133. The Morgan fingerprint density at radius 2 is 1.16 bits per heavy atom. The molecule has 0 bridgehead atoms. The molecule has 6 nitrogen and oxygen atoms in total. The smallest absolute Gasteiger partial charge is 0.177 e. The second-order valence-corrected chi connectivity index (χ2v) is 3.55. The van der Waals surface area contributed by atoms with Gasteiger partial charge in [0.25, 0.3) is 0 Å². The molecule has 0 radical (unpaired) electrons. The van der Waals surface area contributed by atoms with E-state index in [1.54, 1.807) is 25.0 Å². The number of H-pyrrole nitrogens is 2. The molecule has 4 heterocycles. The summed E-state index contributed by atoms with van der Waals surface area (Å²) in [6, 6.07) is 7.63. The number of rotatable bonds is 0. The Labute approximate surface area is 121 Å². The van der Waals surface area contributed by atoms with Crippen LogP contribution in [0.5, 0.6) is 0 Å². The Bertz CT molecular complexity index is 636. The van der Waals surface area contributed by atoms with Crippen LogP contribution >= 0.6 is 0 Å². The van der Waals surface area contributed by atoms with Gasteiger partial charge in [-0.2, -0.15) is 0 Å². The molecule has 0 fully saturated rings. The van der Waals surface area contributed by atoms with Crippen molar-refractivity contribution in [3.8, 4) is 0 Å². The van der Waals surface area contributed by atoms with Crippen LogP contribution in [0, 0.1) is 0 Å². The van der Waals surface area contributed by atoms with Crippen LogP contribution in [0.2, 0.25) is 0 Å². The fraction of sp³-hybridized carbons (Fsp3) is 0. The molecule has 4 aromatic rings. The minimum Gasteiger partial charge on any atom is -0.343 e. The van der Waals surface area contributed by atoms with Crippen molar-refractivity contribution in [2.24, 2.45) is 0 Å². The molecular weight excluding hydrogens is 294 g/mol. The maximum atomic E-state index is 4.00. The number of aromatic nitrogens is 6. The van der Waals surface area contributed by atoms with Crippen LogP contribution in [0.25, 0.3) is 22.3 Å². The Morgan fingerprint density at radius 1 is 0.684 bits per heavy atom. The van der Waals surface area contributed by atoms with Crippen molar-refractivity contribution in [1.82, 2.24) is 29.9 Å². The molecule has 0 aliphatic heterocycles. The number of nitrogens with one attached hydrogen (secondary N) is 2. The molecule has 0 amide bonds. The fourth-order valence-electron chi connectivity index (χ4n) is 1.55. The standard InChI is InChI=1S/2C6H5N3.Zn/c2*1-2-5-6(7-3-1)9-4-8-5;/h2*1-4H,(H,7,8,9);. The molecule has 0 aromatic carbocycles. The third-order valence-corrected chi connectivity index (χ3v) is 2.39. The van der Waals surface area contributed by atoms with Gasteiger partial charge >= 0.3 is 0 Å². The summed E-state index contributed by atoms with van der Waals surface area (Å²) in [6.07, 6.45) is 6.72. The number of imidazole rings is 2. The average molecular weight is 304 g/mol. The van der Waals surface area contributed by atoms with Gasteiger partial charge in [0.2, 0.25) is 0 Å². The predicted octanol–water partition coefficient (Wildman–Crippen LogP) is 1.91. The Hall–Kier alpha value is -2.14. The molecule has 0 saturated carbocycles. The molecule has 0 saturated heterocycles. The normalized spacial score (nSPS) is 9.68. The van der Waals surface area contributed by atoms with E-state index >= 15 is 0 Å². The van der Waals surface area contributed by atoms with Crippen molar-refractivity contribution < 1.29 is 19.5 Å². The number of pyridine rings is 2. The zero-order valence-electron chi connectivity index (χ0n) is 10.1. The molecule has 2 N–H and O–H groups in total. The number of hydrogen-bond donors (Lipinski definition) is 2. The van der Waals surface area contributed by atoms with Gasteiger partial charge in [-0.05, 0) is 24.3 Å². The maximum absolute atomic E-state index is 4.00. The van der Waals surface area contributed by atoms with E-state index in [1.165, 1.54) is 0 Å². The number of nitrogens with zero attached hydrogens (tertiary/aromatic N) is 4. The second-order valence-electron chi connectivity index (χ2n) is 3.55. The van der Waals surface area contributed by atoms with Gasteiger partial charge in [0, 0.05) is 31.9 Å². The third kappa shape index (κ3) is 3.00. The van der Waals surface area contributed by atoms with Gasteiger partial charge in [0.05, 0.1) is 23.7 Å². The molecule has 4 rings (SSSR count). The van der Waals surface area contributed by atoms with Gasteiger partial charge in [-0.25, -0.2) is 19.9 Å². The Kier molecular flexibility index (Phi) is 4.31. The minimum absolute atomic E-state index is 0. The summed E-state index contributed by atoms with van der Waals surface area (Å²) in [4.78, 5) is 21.8. The average Bonchev–Trinajstić information content (AvgIpc) is 3.08. The van der Waals surface area contributed by atoms with Crippen LogP contribution in [0.15, 0.2) is 49.3 Å². The third-order valence-electron chi connectivity index (χ3n) is 2.39. The molecule has 0 spiro atoms. The van der Waals surface area contributed by atoms with Crippen molar-refractivity contribution in [2.75, 3.05) is 0 Å². The van der Waals surface area contributed by atoms with Crippen molar-refractivity contribution in [1.29, 1.82) is 0 Å². The summed E-state index contributed by atoms with van der Waals surface area (Å²) >= 11 is 0. The first-order chi connectivity index (χ1) is 8.93. The van der Waals surface area contributed by atoms with E-state index in [0.717, 1.165) is 22.3 Å². The molecular formula is C12H10N6Zn. The zero-order valence-corrected chi connectivity index (χ0v) is 13.1. The van der Waals surface area contributed by atoms with Crippen molar-refractivity contribution in [3.63, 3.8) is 0 Å². The van der Waals surface area contributed by atoms with Crippen LogP contribution < -0.4 is 0 Å². The number of aromatic amines is 2.